The van der Waals surface area contributed by atoms with Crippen molar-refractivity contribution in [2.24, 2.45) is 0 Å². The molecule has 0 unspecified atom stereocenters. The summed E-state index contributed by atoms with van der Waals surface area (Å²) < 4.78 is 30.8. The molecule has 10 heteroatoms. The van der Waals surface area contributed by atoms with Crippen LogP contribution in [0.15, 0.2) is 29.2 Å². The Balaban J connectivity index is 1.46. The Morgan fingerprint density at radius 1 is 1.14 bits per heavy atom. The first kappa shape index (κ1) is 21.7. The van der Waals surface area contributed by atoms with Crippen molar-refractivity contribution in [3.8, 4) is 0 Å². The van der Waals surface area contributed by atoms with Crippen LogP contribution in [0.3, 0.4) is 0 Å². The lowest BCUT2D eigenvalue weighted by Crippen LogP contribution is -2.52. The smallest absolute Gasteiger partial charge is 0.251 e. The predicted molar refractivity (Wildman–Crippen MR) is 108 cm³/mol. The summed E-state index contributed by atoms with van der Waals surface area (Å²) in [5.41, 5.74) is 0.542. The highest BCUT2D eigenvalue weighted by molar-refractivity contribution is 7.89. The summed E-state index contributed by atoms with van der Waals surface area (Å²) in [6.45, 7) is 3.31. The molecular formula is C19H28N4O5S. The van der Waals surface area contributed by atoms with E-state index in [0.29, 0.717) is 38.5 Å². The number of anilines is 1. The van der Waals surface area contributed by atoms with Crippen molar-refractivity contribution in [1.29, 1.82) is 0 Å². The normalized spacial score (nSPS) is 20.8. The molecule has 1 atom stereocenters. The molecule has 0 aromatic heterocycles. The van der Waals surface area contributed by atoms with E-state index in [1.54, 1.807) is 12.1 Å². The van der Waals surface area contributed by atoms with Gasteiger partial charge in [-0.2, -0.15) is 0 Å². The molecule has 1 aromatic carbocycles. The number of nitrogens with zero attached hydrogens (tertiary/aromatic N) is 3. The third kappa shape index (κ3) is 5.33. The van der Waals surface area contributed by atoms with Gasteiger partial charge in [0, 0.05) is 52.6 Å². The van der Waals surface area contributed by atoms with Gasteiger partial charge in [-0.15, -0.1) is 0 Å². The Morgan fingerprint density at radius 2 is 1.79 bits per heavy atom. The number of carbonyl (C=O) groups excluding carboxylic acids is 2. The van der Waals surface area contributed by atoms with Crippen molar-refractivity contribution in [1.82, 2.24) is 14.1 Å². The number of benzene rings is 1. The molecule has 29 heavy (non-hydrogen) atoms. The third-order valence-corrected chi connectivity index (χ3v) is 7.00. The van der Waals surface area contributed by atoms with E-state index in [2.05, 4.69) is 5.32 Å². The van der Waals surface area contributed by atoms with Crippen LogP contribution < -0.4 is 5.32 Å². The number of rotatable bonds is 6. The molecule has 0 spiro atoms. The van der Waals surface area contributed by atoms with Crippen LogP contribution in [-0.4, -0.2) is 93.9 Å². The maximum Gasteiger partial charge on any atom is 0.251 e. The topological polar surface area (TPSA) is 99.3 Å². The van der Waals surface area contributed by atoms with Crippen LogP contribution in [0.4, 0.5) is 5.69 Å². The first-order chi connectivity index (χ1) is 13.8. The minimum absolute atomic E-state index is 0.0550. The Morgan fingerprint density at radius 3 is 2.34 bits per heavy atom. The molecule has 2 heterocycles. The van der Waals surface area contributed by atoms with Gasteiger partial charge in [0.1, 0.15) is 6.10 Å². The van der Waals surface area contributed by atoms with Crippen LogP contribution in [0.25, 0.3) is 0 Å². The average molecular weight is 425 g/mol. The molecule has 9 nitrogen and oxygen atoms in total. The van der Waals surface area contributed by atoms with E-state index in [4.69, 9.17) is 4.74 Å². The second-order valence-corrected chi connectivity index (χ2v) is 9.61. The van der Waals surface area contributed by atoms with Crippen LogP contribution >= 0.6 is 0 Å². The van der Waals surface area contributed by atoms with Crippen molar-refractivity contribution in [3.05, 3.63) is 24.3 Å². The van der Waals surface area contributed by atoms with Crippen molar-refractivity contribution in [2.45, 2.75) is 23.8 Å². The van der Waals surface area contributed by atoms with Gasteiger partial charge < -0.3 is 15.0 Å². The highest BCUT2D eigenvalue weighted by Gasteiger charge is 2.30. The maximum absolute atomic E-state index is 12.4. The lowest BCUT2D eigenvalue weighted by Gasteiger charge is -2.35. The minimum Gasteiger partial charge on any atom is -0.368 e. The molecule has 1 N–H and O–H groups in total. The molecule has 0 aliphatic carbocycles. The highest BCUT2D eigenvalue weighted by atomic mass is 32.2. The predicted octanol–water partition coefficient (Wildman–Crippen LogP) is 0.199. The van der Waals surface area contributed by atoms with E-state index in [1.165, 1.54) is 26.2 Å². The van der Waals surface area contributed by atoms with Crippen molar-refractivity contribution in [2.75, 3.05) is 58.7 Å². The van der Waals surface area contributed by atoms with Crippen molar-refractivity contribution >= 4 is 27.5 Å². The first-order valence-electron chi connectivity index (χ1n) is 9.72. The Hall–Kier alpha value is -2.01. The molecule has 160 valence electrons. The van der Waals surface area contributed by atoms with Crippen LogP contribution in [0.1, 0.15) is 12.8 Å². The summed E-state index contributed by atoms with van der Waals surface area (Å²) in [6, 6.07) is 6.10. The van der Waals surface area contributed by atoms with Crippen molar-refractivity contribution < 1.29 is 22.7 Å². The summed E-state index contributed by atoms with van der Waals surface area (Å²) in [5, 5.41) is 2.79. The fraction of sp³-hybridized carbons (Fsp3) is 0.579. The average Bonchev–Trinajstić information content (AvgIpc) is 3.23. The van der Waals surface area contributed by atoms with Gasteiger partial charge in [0.05, 0.1) is 11.4 Å². The van der Waals surface area contributed by atoms with Gasteiger partial charge in [0.25, 0.3) is 5.91 Å². The Kier molecular flexibility index (Phi) is 6.89. The van der Waals surface area contributed by atoms with E-state index in [9.17, 15) is 18.0 Å². The van der Waals surface area contributed by atoms with Crippen molar-refractivity contribution in [3.63, 3.8) is 0 Å². The second-order valence-electron chi connectivity index (χ2n) is 7.46. The standard InChI is InChI=1S/C19H28N4O5S/c1-21(2)29(26,27)16-7-5-15(6-8-16)20-18(24)14-22-9-11-23(12-10-22)19(25)17-4-3-13-28-17/h5-8,17H,3-4,9-14H2,1-2H3,(H,20,24)/t17-/m0/s1. The maximum atomic E-state index is 12.4. The van der Waals surface area contributed by atoms with Gasteiger partial charge in [0.2, 0.25) is 15.9 Å². The zero-order valence-corrected chi connectivity index (χ0v) is 17.7. The quantitative estimate of drug-likeness (QED) is 0.700. The number of carbonyl (C=O) groups is 2. The third-order valence-electron chi connectivity index (χ3n) is 5.17. The number of nitrogens with one attached hydrogen (secondary N) is 1. The monoisotopic (exact) mass is 424 g/mol. The zero-order chi connectivity index (χ0) is 21.0. The Labute approximate surface area is 171 Å². The summed E-state index contributed by atoms with van der Waals surface area (Å²) in [6.07, 6.45) is 1.42. The summed E-state index contributed by atoms with van der Waals surface area (Å²) in [7, 11) is -0.549. The second kappa shape index (κ2) is 9.21. The lowest BCUT2D eigenvalue weighted by molar-refractivity contribution is -0.142. The van der Waals surface area contributed by atoms with E-state index >= 15 is 0 Å². The fourth-order valence-corrected chi connectivity index (χ4v) is 4.33. The number of sulfonamides is 1. The largest absolute Gasteiger partial charge is 0.368 e. The molecule has 2 aliphatic rings. The summed E-state index contributed by atoms with van der Waals surface area (Å²) in [4.78, 5) is 28.7. The number of piperazine rings is 1. The van der Waals surface area contributed by atoms with Crippen LogP contribution in [0.2, 0.25) is 0 Å². The number of amides is 2. The molecule has 2 aliphatic heterocycles. The van der Waals surface area contributed by atoms with Gasteiger partial charge in [-0.05, 0) is 37.1 Å². The van der Waals surface area contributed by atoms with Gasteiger partial charge in [-0.25, -0.2) is 12.7 Å². The molecule has 2 saturated heterocycles. The molecule has 1 aromatic rings. The number of hydrogen-bond donors (Lipinski definition) is 1. The van der Waals surface area contributed by atoms with E-state index in [1.807, 2.05) is 9.80 Å². The van der Waals surface area contributed by atoms with Crippen LogP contribution in [-0.2, 0) is 24.3 Å². The molecule has 0 saturated carbocycles. The lowest BCUT2D eigenvalue weighted by atomic mass is 10.2. The summed E-state index contributed by atoms with van der Waals surface area (Å²) >= 11 is 0. The van der Waals surface area contributed by atoms with Gasteiger partial charge in [-0.1, -0.05) is 0 Å². The van der Waals surface area contributed by atoms with E-state index in [-0.39, 0.29) is 29.4 Å². The highest BCUT2D eigenvalue weighted by Crippen LogP contribution is 2.17. The Bertz CT molecular complexity index is 827. The summed E-state index contributed by atoms with van der Waals surface area (Å²) in [5.74, 6) is -0.119. The molecule has 0 radical (unpaired) electrons. The van der Waals surface area contributed by atoms with Gasteiger partial charge >= 0.3 is 0 Å². The fourth-order valence-electron chi connectivity index (χ4n) is 3.43. The van der Waals surface area contributed by atoms with E-state index < -0.39 is 10.0 Å². The molecule has 2 amide bonds. The SMILES string of the molecule is CN(C)S(=O)(=O)c1ccc(NC(=O)CN2CCN(C(=O)[C@@H]3CCCO3)CC2)cc1. The first-order valence-corrected chi connectivity index (χ1v) is 11.2. The van der Waals surface area contributed by atoms with Gasteiger partial charge in [0.15, 0.2) is 0 Å². The molecule has 2 fully saturated rings. The van der Waals surface area contributed by atoms with Crippen LogP contribution in [0, 0.1) is 0 Å². The van der Waals surface area contributed by atoms with E-state index in [0.717, 1.165) is 17.1 Å². The molecular weight excluding hydrogens is 396 g/mol. The zero-order valence-electron chi connectivity index (χ0n) is 16.8. The molecule has 0 bridgehead atoms. The molecule has 3 rings (SSSR count). The van der Waals surface area contributed by atoms with Gasteiger partial charge in [-0.3, -0.25) is 14.5 Å². The minimum atomic E-state index is -3.49. The van der Waals surface area contributed by atoms with Crippen LogP contribution in [0.5, 0.6) is 0 Å². The number of ether oxygens (including phenoxy) is 1. The number of hydrogen-bond acceptors (Lipinski definition) is 6.